The summed E-state index contributed by atoms with van der Waals surface area (Å²) in [5.41, 5.74) is 1.27. The first kappa shape index (κ1) is 21.1. The van der Waals surface area contributed by atoms with E-state index in [1.54, 1.807) is 42.6 Å². The van der Waals surface area contributed by atoms with Crippen LogP contribution in [-0.2, 0) is 4.79 Å². The second-order valence-electron chi connectivity index (χ2n) is 5.95. The fourth-order valence-corrected chi connectivity index (χ4v) is 2.76. The lowest BCUT2D eigenvalue weighted by atomic mass is 10.2. The van der Waals surface area contributed by atoms with Crippen molar-refractivity contribution in [2.45, 2.75) is 0 Å². The summed E-state index contributed by atoms with van der Waals surface area (Å²) in [5.74, 6) is -0.852. The number of carbonyl (C=O) groups is 3. The van der Waals surface area contributed by atoms with Gasteiger partial charge in [-0.1, -0.05) is 0 Å². The van der Waals surface area contributed by atoms with Gasteiger partial charge in [-0.15, -0.1) is 0 Å². The van der Waals surface area contributed by atoms with Crippen molar-refractivity contribution >= 4 is 45.0 Å². The number of hydrogen-bond acceptors (Lipinski definition) is 6. The first-order valence-electron chi connectivity index (χ1n) is 8.69. The Morgan fingerprint density at radius 3 is 2.60 bits per heavy atom. The minimum atomic E-state index is -0.512. The Morgan fingerprint density at radius 2 is 1.93 bits per heavy atom. The van der Waals surface area contributed by atoms with Crippen LogP contribution in [0.1, 0.15) is 20.9 Å². The number of hydrogen-bond donors (Lipinski definition) is 3. The molecular formula is C20H17BrN4O5. The topological polar surface area (TPSA) is 123 Å². The van der Waals surface area contributed by atoms with Crippen molar-refractivity contribution in [2.24, 2.45) is 0 Å². The van der Waals surface area contributed by atoms with Crippen molar-refractivity contribution in [3.8, 4) is 5.75 Å². The largest absolute Gasteiger partial charge is 0.494 e. The van der Waals surface area contributed by atoms with Crippen molar-refractivity contribution in [2.75, 3.05) is 24.3 Å². The number of furan rings is 1. The van der Waals surface area contributed by atoms with E-state index < -0.39 is 11.8 Å². The number of anilines is 2. The molecule has 0 aliphatic carbocycles. The molecule has 0 spiro atoms. The number of benzene rings is 1. The van der Waals surface area contributed by atoms with Crippen LogP contribution in [0, 0.1) is 0 Å². The second-order valence-corrected chi connectivity index (χ2v) is 6.73. The standard InChI is InChI=1S/C20H17BrN4O5/c1-29-16-9-13(4-5-14(16)25-19(27)12-3-2-8-22-10-12)24-18(26)11-23-20(28)15-6-7-17(21)30-15/h2-10H,11H2,1H3,(H,23,28)(H,24,26)(H,25,27). The van der Waals surface area contributed by atoms with E-state index >= 15 is 0 Å². The zero-order valence-corrected chi connectivity index (χ0v) is 17.4. The summed E-state index contributed by atoms with van der Waals surface area (Å²) in [6.07, 6.45) is 3.02. The molecule has 0 fully saturated rings. The van der Waals surface area contributed by atoms with E-state index in [-0.39, 0.29) is 18.2 Å². The number of nitrogens with one attached hydrogen (secondary N) is 3. The second kappa shape index (κ2) is 9.70. The SMILES string of the molecule is COc1cc(NC(=O)CNC(=O)c2ccc(Br)o2)ccc1NC(=O)c1cccnc1. The molecule has 2 heterocycles. The first-order valence-corrected chi connectivity index (χ1v) is 9.48. The minimum Gasteiger partial charge on any atom is -0.494 e. The number of amides is 3. The third kappa shape index (κ3) is 5.45. The Bertz CT molecular complexity index is 1070. The zero-order valence-electron chi connectivity index (χ0n) is 15.8. The summed E-state index contributed by atoms with van der Waals surface area (Å²) >= 11 is 3.10. The van der Waals surface area contributed by atoms with Crippen LogP contribution in [0.25, 0.3) is 0 Å². The molecule has 0 aliphatic heterocycles. The molecule has 0 bridgehead atoms. The van der Waals surface area contributed by atoms with Gasteiger partial charge in [0.05, 0.1) is 24.9 Å². The van der Waals surface area contributed by atoms with Crippen LogP contribution in [-0.4, -0.2) is 36.4 Å². The van der Waals surface area contributed by atoms with Crippen molar-refractivity contribution in [3.05, 3.63) is 70.9 Å². The molecule has 0 aliphatic rings. The van der Waals surface area contributed by atoms with Crippen LogP contribution in [0.5, 0.6) is 5.75 Å². The van der Waals surface area contributed by atoms with Crippen molar-refractivity contribution in [3.63, 3.8) is 0 Å². The molecule has 154 valence electrons. The number of ether oxygens (including phenoxy) is 1. The Labute approximate surface area is 179 Å². The number of pyridine rings is 1. The molecule has 0 saturated heterocycles. The molecular weight excluding hydrogens is 456 g/mol. The first-order chi connectivity index (χ1) is 14.5. The maximum absolute atomic E-state index is 12.3. The number of nitrogens with zero attached hydrogens (tertiary/aromatic N) is 1. The van der Waals surface area contributed by atoms with Crippen molar-refractivity contribution in [1.82, 2.24) is 10.3 Å². The number of rotatable bonds is 7. The van der Waals surface area contributed by atoms with Gasteiger partial charge in [-0.3, -0.25) is 19.4 Å². The molecule has 3 N–H and O–H groups in total. The van der Waals surface area contributed by atoms with Gasteiger partial charge in [-0.05, 0) is 52.3 Å². The van der Waals surface area contributed by atoms with Crippen LogP contribution in [0.15, 0.2) is 63.9 Å². The van der Waals surface area contributed by atoms with Crippen LogP contribution in [0.4, 0.5) is 11.4 Å². The summed E-state index contributed by atoms with van der Waals surface area (Å²) in [5, 5.41) is 7.83. The van der Waals surface area contributed by atoms with E-state index in [4.69, 9.17) is 9.15 Å². The van der Waals surface area contributed by atoms with Gasteiger partial charge in [0, 0.05) is 24.1 Å². The predicted octanol–water partition coefficient (Wildman–Crippen LogP) is 3.07. The van der Waals surface area contributed by atoms with E-state index in [2.05, 4.69) is 36.9 Å². The molecule has 10 heteroatoms. The Hall–Kier alpha value is -3.66. The zero-order chi connectivity index (χ0) is 21.5. The molecule has 9 nitrogen and oxygen atoms in total. The molecule has 2 aromatic heterocycles. The van der Waals surface area contributed by atoms with Gasteiger partial charge in [0.1, 0.15) is 5.75 Å². The molecule has 0 radical (unpaired) electrons. The average molecular weight is 473 g/mol. The Kier molecular flexibility index (Phi) is 6.81. The van der Waals surface area contributed by atoms with E-state index in [0.29, 0.717) is 27.4 Å². The monoisotopic (exact) mass is 472 g/mol. The molecule has 3 rings (SSSR count). The van der Waals surface area contributed by atoms with E-state index in [1.165, 1.54) is 19.4 Å². The maximum Gasteiger partial charge on any atom is 0.287 e. The third-order valence-electron chi connectivity index (χ3n) is 3.86. The quantitative estimate of drug-likeness (QED) is 0.485. The van der Waals surface area contributed by atoms with Crippen LogP contribution < -0.4 is 20.7 Å². The van der Waals surface area contributed by atoms with Gasteiger partial charge in [0.15, 0.2) is 10.4 Å². The summed E-state index contributed by atoms with van der Waals surface area (Å²) < 4.78 is 10.8. The number of carbonyl (C=O) groups excluding carboxylic acids is 3. The summed E-state index contributed by atoms with van der Waals surface area (Å²) in [4.78, 5) is 40.2. The third-order valence-corrected chi connectivity index (χ3v) is 4.29. The predicted molar refractivity (Wildman–Crippen MR) is 113 cm³/mol. The summed E-state index contributed by atoms with van der Waals surface area (Å²) in [6.45, 7) is -0.251. The van der Waals surface area contributed by atoms with Gasteiger partial charge in [0.25, 0.3) is 11.8 Å². The van der Waals surface area contributed by atoms with Crippen LogP contribution in [0.2, 0.25) is 0 Å². The highest BCUT2D eigenvalue weighted by Crippen LogP contribution is 2.28. The maximum atomic E-state index is 12.3. The fraction of sp³-hybridized carbons (Fsp3) is 0.100. The van der Waals surface area contributed by atoms with Crippen LogP contribution >= 0.6 is 15.9 Å². The Balaban J connectivity index is 1.59. The highest BCUT2D eigenvalue weighted by atomic mass is 79.9. The lowest BCUT2D eigenvalue weighted by Gasteiger charge is -2.13. The Morgan fingerprint density at radius 1 is 1.10 bits per heavy atom. The average Bonchev–Trinajstić information content (AvgIpc) is 3.20. The van der Waals surface area contributed by atoms with Gasteiger partial charge in [0.2, 0.25) is 5.91 Å². The van der Waals surface area contributed by atoms with Gasteiger partial charge in [-0.25, -0.2) is 0 Å². The number of halogens is 1. The fourth-order valence-electron chi connectivity index (χ4n) is 2.45. The van der Waals surface area contributed by atoms with Crippen molar-refractivity contribution in [1.29, 1.82) is 0 Å². The van der Waals surface area contributed by atoms with E-state index in [9.17, 15) is 14.4 Å². The minimum absolute atomic E-state index is 0.0880. The molecule has 0 unspecified atom stereocenters. The number of aromatic nitrogens is 1. The highest BCUT2D eigenvalue weighted by Gasteiger charge is 2.14. The summed E-state index contributed by atoms with van der Waals surface area (Å²) in [7, 11) is 1.45. The molecule has 0 saturated carbocycles. The van der Waals surface area contributed by atoms with E-state index in [0.717, 1.165) is 0 Å². The summed E-state index contributed by atoms with van der Waals surface area (Å²) in [6, 6.07) is 11.1. The van der Waals surface area contributed by atoms with Gasteiger partial charge < -0.3 is 25.1 Å². The van der Waals surface area contributed by atoms with Crippen LogP contribution in [0.3, 0.4) is 0 Å². The van der Waals surface area contributed by atoms with Gasteiger partial charge >= 0.3 is 0 Å². The molecule has 3 amide bonds. The molecule has 3 aromatic rings. The molecule has 30 heavy (non-hydrogen) atoms. The lowest BCUT2D eigenvalue weighted by Crippen LogP contribution is -2.32. The molecule has 0 atom stereocenters. The lowest BCUT2D eigenvalue weighted by molar-refractivity contribution is -0.115. The smallest absolute Gasteiger partial charge is 0.287 e. The van der Waals surface area contributed by atoms with E-state index in [1.807, 2.05) is 0 Å². The molecule has 1 aromatic carbocycles. The number of methoxy groups -OCH3 is 1. The normalized spacial score (nSPS) is 10.2. The van der Waals surface area contributed by atoms with Crippen molar-refractivity contribution < 1.29 is 23.5 Å². The highest BCUT2D eigenvalue weighted by molar-refractivity contribution is 9.10. The van der Waals surface area contributed by atoms with Gasteiger partial charge in [-0.2, -0.15) is 0 Å².